The Balaban J connectivity index is 2.25. The van der Waals surface area contributed by atoms with Crippen LogP contribution in [0, 0.1) is 0 Å². The lowest BCUT2D eigenvalue weighted by atomic mass is 9.93. The zero-order valence-corrected chi connectivity index (χ0v) is 15.6. The molecule has 2 aromatic carbocycles. The van der Waals surface area contributed by atoms with Crippen molar-refractivity contribution in [2.24, 2.45) is 0 Å². The molecule has 2 aromatic rings. The Morgan fingerprint density at radius 2 is 1.04 bits per heavy atom. The van der Waals surface area contributed by atoms with Crippen molar-refractivity contribution in [1.82, 2.24) is 0 Å². The van der Waals surface area contributed by atoms with E-state index in [4.69, 9.17) is 51.1 Å². The molecule has 0 saturated heterocycles. The Hall–Kier alpha value is -1.92. The maximum absolute atomic E-state index is 11.7. The fourth-order valence-corrected chi connectivity index (χ4v) is 3.21. The largest absolute Gasteiger partial charge is 0.455 e. The van der Waals surface area contributed by atoms with Gasteiger partial charge in [-0.3, -0.25) is 19.2 Å². The van der Waals surface area contributed by atoms with E-state index in [-0.39, 0.29) is 40.2 Å². The molecule has 9 heteroatoms. The van der Waals surface area contributed by atoms with Gasteiger partial charge in [0.15, 0.2) is 0 Å². The van der Waals surface area contributed by atoms with E-state index in [1.54, 1.807) is 0 Å². The van der Waals surface area contributed by atoms with E-state index < -0.39 is 21.0 Å². The molecule has 3 rings (SSSR count). The summed E-state index contributed by atoms with van der Waals surface area (Å²) in [6.07, 6.45) is 0.134. The van der Waals surface area contributed by atoms with Gasteiger partial charge >= 0.3 is 0 Å². The number of ether oxygens (including phenoxy) is 1. The van der Waals surface area contributed by atoms with E-state index >= 15 is 0 Å². The maximum Gasteiger partial charge on any atom is 0.256 e. The number of rotatable bonds is 4. The number of hydrogen-bond acceptors (Lipinski definition) is 5. The zero-order chi connectivity index (χ0) is 19.2. The van der Waals surface area contributed by atoms with Crippen molar-refractivity contribution in [3.8, 4) is 11.5 Å². The van der Waals surface area contributed by atoms with Gasteiger partial charge in [0.2, 0.25) is 0 Å². The van der Waals surface area contributed by atoms with E-state index in [1.807, 2.05) is 0 Å². The summed E-state index contributed by atoms with van der Waals surface area (Å²) in [6, 6.07) is 5.28. The van der Waals surface area contributed by atoms with E-state index in [9.17, 15) is 19.2 Å². The number of carbonyl (C=O) groups excluding carboxylic acids is 4. The quantitative estimate of drug-likeness (QED) is 0.549. The summed E-state index contributed by atoms with van der Waals surface area (Å²) >= 11 is 22.2. The summed E-state index contributed by atoms with van der Waals surface area (Å²) in [5.41, 5.74) is 0.813. The molecule has 0 atom stereocenters. The summed E-state index contributed by atoms with van der Waals surface area (Å²) in [6.45, 7) is 0. The molecule has 0 amide bonds. The highest BCUT2D eigenvalue weighted by Crippen LogP contribution is 2.43. The zero-order valence-electron chi connectivity index (χ0n) is 12.6. The van der Waals surface area contributed by atoms with Crippen molar-refractivity contribution >= 4 is 67.4 Å². The molecule has 0 radical (unpaired) electrons. The van der Waals surface area contributed by atoms with Gasteiger partial charge in [0, 0.05) is 28.7 Å². The van der Waals surface area contributed by atoms with Crippen molar-refractivity contribution in [2.75, 3.05) is 0 Å². The van der Waals surface area contributed by atoms with Crippen LogP contribution >= 0.6 is 46.4 Å². The average molecular weight is 432 g/mol. The number of hydrogen-bond donors (Lipinski definition) is 0. The van der Waals surface area contributed by atoms with Gasteiger partial charge in [0.1, 0.15) is 11.5 Å². The molecular weight excluding hydrogens is 426 g/mol. The summed E-state index contributed by atoms with van der Waals surface area (Å²) < 4.78 is 5.71. The average Bonchev–Trinajstić information content (AvgIpc) is 2.57. The Morgan fingerprint density at radius 1 is 0.654 bits per heavy atom. The van der Waals surface area contributed by atoms with Crippen LogP contribution in [0.15, 0.2) is 24.3 Å². The minimum atomic E-state index is -0.865. The first-order chi connectivity index (χ1) is 12.2. The monoisotopic (exact) mass is 430 g/mol. The molecule has 0 spiro atoms. The van der Waals surface area contributed by atoms with E-state index in [2.05, 4.69) is 0 Å². The van der Waals surface area contributed by atoms with Gasteiger partial charge in [-0.15, -0.1) is 0 Å². The predicted octanol–water partition coefficient (Wildman–Crippen LogP) is 4.90. The van der Waals surface area contributed by atoms with Gasteiger partial charge in [-0.2, -0.15) is 0 Å². The molecule has 0 saturated carbocycles. The lowest BCUT2D eigenvalue weighted by molar-refractivity contribution is 0.106. The predicted molar refractivity (Wildman–Crippen MR) is 96.5 cm³/mol. The second kappa shape index (κ2) is 7.00. The van der Waals surface area contributed by atoms with E-state index in [1.165, 1.54) is 24.3 Å². The normalized spacial score (nSPS) is 11.8. The molecule has 26 heavy (non-hydrogen) atoms. The molecular formula is C17H6Cl4O5. The van der Waals surface area contributed by atoms with Gasteiger partial charge in [0.05, 0.1) is 11.1 Å². The van der Waals surface area contributed by atoms with Crippen molar-refractivity contribution in [3.63, 3.8) is 0 Å². The van der Waals surface area contributed by atoms with Crippen LogP contribution in [0.25, 0.3) is 0 Å². The fourth-order valence-electron chi connectivity index (χ4n) is 2.71. The summed E-state index contributed by atoms with van der Waals surface area (Å²) in [5, 5.41) is -3.29. The first-order valence-electron chi connectivity index (χ1n) is 7.00. The molecule has 5 nitrogen and oxygen atoms in total. The first kappa shape index (κ1) is 18.9. The Morgan fingerprint density at radius 3 is 1.35 bits per heavy atom. The smallest absolute Gasteiger partial charge is 0.256 e. The third-order valence-corrected chi connectivity index (χ3v) is 4.64. The summed E-state index contributed by atoms with van der Waals surface area (Å²) in [4.78, 5) is 46.5. The Bertz CT molecular complexity index is 933. The lowest BCUT2D eigenvalue weighted by Crippen LogP contribution is -2.12. The Kier molecular flexibility index (Phi) is 5.08. The molecule has 0 aromatic heterocycles. The molecule has 1 aliphatic heterocycles. The molecule has 1 heterocycles. The SMILES string of the molecule is O=C(Cl)c1cc2c(c(C(=O)Cl)c1)Oc1c(cc(C(=O)Cl)cc1C(=O)Cl)C2. The van der Waals surface area contributed by atoms with Gasteiger partial charge < -0.3 is 4.74 Å². The second-order valence-corrected chi connectivity index (χ2v) is 6.77. The van der Waals surface area contributed by atoms with Crippen LogP contribution in [-0.2, 0) is 6.42 Å². The van der Waals surface area contributed by atoms with Crippen LogP contribution < -0.4 is 4.74 Å². The van der Waals surface area contributed by atoms with Crippen molar-refractivity contribution in [2.45, 2.75) is 6.42 Å². The number of carbonyl (C=O) groups is 4. The molecule has 0 unspecified atom stereocenters. The van der Waals surface area contributed by atoms with Crippen molar-refractivity contribution < 1.29 is 23.9 Å². The van der Waals surface area contributed by atoms with Crippen LogP contribution in [0.5, 0.6) is 11.5 Å². The number of benzene rings is 2. The molecule has 0 fully saturated rings. The van der Waals surface area contributed by atoms with Crippen LogP contribution in [0.4, 0.5) is 0 Å². The highest BCUT2D eigenvalue weighted by molar-refractivity contribution is 6.70. The van der Waals surface area contributed by atoms with Crippen LogP contribution in [-0.4, -0.2) is 21.0 Å². The van der Waals surface area contributed by atoms with E-state index in [0.29, 0.717) is 11.1 Å². The molecule has 1 aliphatic rings. The number of fused-ring (bicyclic) bond motifs is 2. The molecule has 0 N–H and O–H groups in total. The summed E-state index contributed by atoms with van der Waals surface area (Å²) in [5.74, 6) is 0.173. The third kappa shape index (κ3) is 3.35. The Labute approximate surface area is 166 Å². The molecule has 0 aliphatic carbocycles. The van der Waals surface area contributed by atoms with Gasteiger partial charge in [-0.05, 0) is 70.7 Å². The second-order valence-electron chi connectivity index (χ2n) is 5.40. The standard InChI is InChI=1S/C17H6Cl4O5/c18-14(22)8-2-6-1-7-3-9(15(19)23)5-11(17(21)25)13(7)26-12(6)10(4-8)16(20)24/h2-5H,1H2. The third-order valence-electron chi connectivity index (χ3n) is 3.79. The molecule has 0 bridgehead atoms. The van der Waals surface area contributed by atoms with Gasteiger partial charge in [-0.25, -0.2) is 0 Å². The fraction of sp³-hybridized carbons (Fsp3) is 0.0588. The van der Waals surface area contributed by atoms with Crippen molar-refractivity contribution in [3.05, 3.63) is 57.6 Å². The van der Waals surface area contributed by atoms with Crippen LogP contribution in [0.1, 0.15) is 52.6 Å². The minimum Gasteiger partial charge on any atom is -0.455 e. The van der Waals surface area contributed by atoms with Crippen LogP contribution in [0.3, 0.4) is 0 Å². The number of halogens is 4. The van der Waals surface area contributed by atoms with Crippen molar-refractivity contribution in [1.29, 1.82) is 0 Å². The van der Waals surface area contributed by atoms with E-state index in [0.717, 1.165) is 0 Å². The lowest BCUT2D eigenvalue weighted by Gasteiger charge is -2.24. The molecule has 132 valence electrons. The summed E-state index contributed by atoms with van der Waals surface area (Å²) in [7, 11) is 0. The topological polar surface area (TPSA) is 77.5 Å². The van der Waals surface area contributed by atoms with Gasteiger partial charge in [-0.1, -0.05) is 0 Å². The highest BCUT2D eigenvalue weighted by atomic mass is 35.5. The highest BCUT2D eigenvalue weighted by Gasteiger charge is 2.29. The maximum atomic E-state index is 11.7. The minimum absolute atomic E-state index is 0.0553. The van der Waals surface area contributed by atoms with Gasteiger partial charge in [0.25, 0.3) is 21.0 Å². The first-order valence-corrected chi connectivity index (χ1v) is 8.51. The van der Waals surface area contributed by atoms with Crippen LogP contribution in [0.2, 0.25) is 0 Å².